The first-order chi connectivity index (χ1) is 25.8. The van der Waals surface area contributed by atoms with Crippen LogP contribution in [-0.4, -0.2) is 9.55 Å². The standard InChI is InChI=1S/C49H30N2O/c1-2-13-33(14-3-1)49-40-30-45-48(39-20-7-11-24-44(39)52-45)46(47(40)38-19-4-8-21-41(38)50-49)32-27-25-31(26-28-32)34-15-12-16-35(29-34)51-42-22-9-5-17-36(42)37-18-6-10-23-43(37)51/h1-30H. The van der Waals surface area contributed by atoms with Crippen LogP contribution in [0.15, 0.2) is 186 Å². The smallest absolute Gasteiger partial charge is 0.136 e. The molecule has 0 saturated heterocycles. The van der Waals surface area contributed by atoms with E-state index >= 15 is 0 Å². The highest BCUT2D eigenvalue weighted by atomic mass is 16.3. The summed E-state index contributed by atoms with van der Waals surface area (Å²) in [6.45, 7) is 0. The highest BCUT2D eigenvalue weighted by Crippen LogP contribution is 2.46. The molecule has 0 amide bonds. The molecule has 0 saturated carbocycles. The third kappa shape index (κ3) is 4.30. The highest BCUT2D eigenvalue weighted by molar-refractivity contribution is 6.27. The lowest BCUT2D eigenvalue weighted by molar-refractivity contribution is 0.669. The molecule has 11 aromatic rings. The van der Waals surface area contributed by atoms with Gasteiger partial charge >= 0.3 is 0 Å². The van der Waals surface area contributed by atoms with Crippen molar-refractivity contribution in [3.63, 3.8) is 0 Å². The van der Waals surface area contributed by atoms with Crippen molar-refractivity contribution in [2.24, 2.45) is 0 Å². The highest BCUT2D eigenvalue weighted by Gasteiger charge is 2.21. The van der Waals surface area contributed by atoms with Crippen LogP contribution < -0.4 is 0 Å². The SMILES string of the molecule is c1ccc(-c2nc3ccccc3c3c(-c4ccc(-c5cccc(-n6c7ccccc7c7ccccc76)c5)cc4)c4c(cc23)oc2ccccc24)cc1. The van der Waals surface area contributed by atoms with Crippen LogP contribution in [0.2, 0.25) is 0 Å². The van der Waals surface area contributed by atoms with Gasteiger partial charge in [0.05, 0.1) is 22.2 Å². The van der Waals surface area contributed by atoms with Crippen LogP contribution in [-0.2, 0) is 0 Å². The van der Waals surface area contributed by atoms with Gasteiger partial charge in [0.2, 0.25) is 0 Å². The monoisotopic (exact) mass is 662 g/mol. The Kier molecular flexibility index (Phi) is 6.25. The van der Waals surface area contributed by atoms with Gasteiger partial charge in [-0.2, -0.15) is 0 Å². The molecule has 3 heterocycles. The van der Waals surface area contributed by atoms with E-state index in [2.05, 4.69) is 180 Å². The van der Waals surface area contributed by atoms with Crippen molar-refractivity contribution in [1.82, 2.24) is 9.55 Å². The molecule has 0 aliphatic rings. The van der Waals surface area contributed by atoms with E-state index in [9.17, 15) is 0 Å². The number of para-hydroxylation sites is 4. The average Bonchev–Trinajstić information content (AvgIpc) is 3.76. The van der Waals surface area contributed by atoms with E-state index in [0.29, 0.717) is 0 Å². The number of rotatable bonds is 4. The van der Waals surface area contributed by atoms with Gasteiger partial charge < -0.3 is 8.98 Å². The molecular formula is C49H30N2O. The van der Waals surface area contributed by atoms with E-state index in [0.717, 1.165) is 66.3 Å². The number of aromatic nitrogens is 2. The van der Waals surface area contributed by atoms with Crippen LogP contribution in [0.3, 0.4) is 0 Å². The van der Waals surface area contributed by atoms with Gasteiger partial charge in [-0.1, -0.05) is 140 Å². The van der Waals surface area contributed by atoms with Gasteiger partial charge in [0.15, 0.2) is 0 Å². The summed E-state index contributed by atoms with van der Waals surface area (Å²) in [6, 6.07) is 64.8. The molecule has 3 aromatic heterocycles. The number of pyridine rings is 1. The van der Waals surface area contributed by atoms with Crippen molar-refractivity contribution >= 4 is 65.4 Å². The summed E-state index contributed by atoms with van der Waals surface area (Å²) in [4.78, 5) is 5.25. The second-order valence-electron chi connectivity index (χ2n) is 13.5. The second kappa shape index (κ2) is 11.3. The van der Waals surface area contributed by atoms with Gasteiger partial charge in [0.25, 0.3) is 0 Å². The van der Waals surface area contributed by atoms with Gasteiger partial charge in [0, 0.05) is 54.5 Å². The van der Waals surface area contributed by atoms with Crippen molar-refractivity contribution in [3.05, 3.63) is 182 Å². The molecule has 0 radical (unpaired) electrons. The Labute approximate surface area is 299 Å². The van der Waals surface area contributed by atoms with Gasteiger partial charge in [-0.15, -0.1) is 0 Å². The minimum atomic E-state index is 0.862. The maximum Gasteiger partial charge on any atom is 0.136 e. The minimum absolute atomic E-state index is 0.862. The lowest BCUT2D eigenvalue weighted by Crippen LogP contribution is -1.94. The van der Waals surface area contributed by atoms with Gasteiger partial charge in [-0.3, -0.25) is 0 Å². The molecule has 8 aromatic carbocycles. The predicted octanol–water partition coefficient (Wildman–Crippen LogP) is 13.4. The molecule has 0 spiro atoms. The summed E-state index contributed by atoms with van der Waals surface area (Å²) in [5.41, 5.74) is 13.0. The molecule has 0 aliphatic carbocycles. The Hall–Kier alpha value is -6.97. The fourth-order valence-corrected chi connectivity index (χ4v) is 8.28. The molecule has 0 N–H and O–H groups in total. The van der Waals surface area contributed by atoms with Crippen LogP contribution in [0, 0.1) is 0 Å². The molecule has 242 valence electrons. The second-order valence-corrected chi connectivity index (χ2v) is 13.5. The summed E-state index contributed by atoms with van der Waals surface area (Å²) in [6.07, 6.45) is 0. The fraction of sp³-hybridized carbons (Fsp3) is 0. The first kappa shape index (κ1) is 28.8. The first-order valence-electron chi connectivity index (χ1n) is 17.7. The quantitative estimate of drug-likeness (QED) is 0.176. The zero-order valence-electron chi connectivity index (χ0n) is 28.1. The molecule has 3 nitrogen and oxygen atoms in total. The molecule has 0 atom stereocenters. The Morgan fingerprint density at radius 3 is 1.77 bits per heavy atom. The summed E-state index contributed by atoms with van der Waals surface area (Å²) < 4.78 is 8.98. The molecule has 0 fully saturated rings. The lowest BCUT2D eigenvalue weighted by atomic mass is 9.89. The van der Waals surface area contributed by atoms with Gasteiger partial charge in [-0.25, -0.2) is 4.98 Å². The molecule has 0 aliphatic heterocycles. The number of furan rings is 1. The van der Waals surface area contributed by atoms with E-state index in [-0.39, 0.29) is 0 Å². The normalized spacial score (nSPS) is 11.8. The Bertz CT molecular complexity index is 3120. The van der Waals surface area contributed by atoms with Crippen LogP contribution in [0.4, 0.5) is 0 Å². The fourth-order valence-electron chi connectivity index (χ4n) is 8.28. The van der Waals surface area contributed by atoms with E-state index in [1.807, 2.05) is 6.07 Å². The Morgan fingerprint density at radius 2 is 1.00 bits per heavy atom. The third-order valence-electron chi connectivity index (χ3n) is 10.6. The Morgan fingerprint density at radius 1 is 0.385 bits per heavy atom. The Balaban J connectivity index is 1.14. The average molecular weight is 663 g/mol. The van der Waals surface area contributed by atoms with Crippen molar-refractivity contribution in [2.45, 2.75) is 0 Å². The number of hydrogen-bond acceptors (Lipinski definition) is 2. The van der Waals surface area contributed by atoms with Crippen molar-refractivity contribution in [3.8, 4) is 39.2 Å². The number of hydrogen-bond donors (Lipinski definition) is 0. The molecule has 3 heteroatoms. The van der Waals surface area contributed by atoms with Crippen LogP contribution >= 0.6 is 0 Å². The first-order valence-corrected chi connectivity index (χ1v) is 17.7. The predicted molar refractivity (Wildman–Crippen MR) is 217 cm³/mol. The summed E-state index contributed by atoms with van der Waals surface area (Å²) >= 11 is 0. The molecule has 11 rings (SSSR count). The molecule has 0 unspecified atom stereocenters. The molecule has 52 heavy (non-hydrogen) atoms. The lowest BCUT2D eigenvalue weighted by Gasteiger charge is -2.16. The number of benzene rings is 8. The van der Waals surface area contributed by atoms with E-state index in [4.69, 9.17) is 9.40 Å². The third-order valence-corrected chi connectivity index (χ3v) is 10.6. The summed E-state index contributed by atoms with van der Waals surface area (Å²) in [5.74, 6) is 0. The van der Waals surface area contributed by atoms with Crippen molar-refractivity contribution in [2.75, 3.05) is 0 Å². The molecule has 0 bridgehead atoms. The van der Waals surface area contributed by atoms with Crippen LogP contribution in [0.5, 0.6) is 0 Å². The van der Waals surface area contributed by atoms with E-state index in [1.165, 1.54) is 38.3 Å². The summed E-state index contributed by atoms with van der Waals surface area (Å²) in [7, 11) is 0. The van der Waals surface area contributed by atoms with E-state index < -0.39 is 0 Å². The summed E-state index contributed by atoms with van der Waals surface area (Å²) in [5, 5.41) is 8.15. The minimum Gasteiger partial charge on any atom is -0.456 e. The van der Waals surface area contributed by atoms with Crippen LogP contribution in [0.25, 0.3) is 105 Å². The van der Waals surface area contributed by atoms with Crippen LogP contribution in [0.1, 0.15) is 0 Å². The maximum atomic E-state index is 6.60. The zero-order valence-corrected chi connectivity index (χ0v) is 28.1. The van der Waals surface area contributed by atoms with Crippen molar-refractivity contribution < 1.29 is 4.42 Å². The van der Waals surface area contributed by atoms with Gasteiger partial charge in [-0.05, 0) is 59.2 Å². The zero-order chi connectivity index (χ0) is 34.2. The van der Waals surface area contributed by atoms with E-state index in [1.54, 1.807) is 0 Å². The number of nitrogens with zero attached hydrogens (tertiary/aromatic N) is 2. The molecular weight excluding hydrogens is 633 g/mol. The van der Waals surface area contributed by atoms with Crippen molar-refractivity contribution in [1.29, 1.82) is 0 Å². The number of fused-ring (bicyclic) bond motifs is 9. The largest absolute Gasteiger partial charge is 0.456 e. The maximum absolute atomic E-state index is 6.60. The van der Waals surface area contributed by atoms with Gasteiger partial charge in [0.1, 0.15) is 11.2 Å². The topological polar surface area (TPSA) is 31.0 Å².